The van der Waals surface area contributed by atoms with Crippen LogP contribution in [0.4, 0.5) is 10.5 Å². The Balaban J connectivity index is 0.00000187. The molecule has 3 amide bonds. The number of amides is 3. The van der Waals surface area contributed by atoms with Gasteiger partial charge in [0.1, 0.15) is 12.0 Å². The van der Waals surface area contributed by atoms with E-state index in [0.29, 0.717) is 16.4 Å². The van der Waals surface area contributed by atoms with Crippen LogP contribution in [-0.2, 0) is 11.8 Å². The Bertz CT molecular complexity index is 1130. The zero-order valence-corrected chi connectivity index (χ0v) is 20.4. The third-order valence-corrected chi connectivity index (χ3v) is 6.08. The van der Waals surface area contributed by atoms with Gasteiger partial charge in [-0.15, -0.1) is 0 Å². The van der Waals surface area contributed by atoms with E-state index >= 15 is 0 Å². The summed E-state index contributed by atoms with van der Waals surface area (Å²) in [6.45, 7) is 3.68. The number of anilines is 1. The summed E-state index contributed by atoms with van der Waals surface area (Å²) in [6, 6.07) is 12.2. The number of hydrogen-bond donors (Lipinski definition) is 4. The molecule has 0 saturated heterocycles. The molecule has 2 aromatic carbocycles. The molecule has 0 bridgehead atoms. The van der Waals surface area contributed by atoms with Crippen molar-refractivity contribution in [2.45, 2.75) is 31.2 Å². The van der Waals surface area contributed by atoms with Gasteiger partial charge >= 0.3 is 6.03 Å². The van der Waals surface area contributed by atoms with E-state index in [1.54, 1.807) is 37.3 Å². The number of hydrogen-bond acceptors (Lipinski definition) is 5. The molecule has 1 unspecified atom stereocenters. The molecule has 3 rings (SSSR count). The smallest absolute Gasteiger partial charge is 0.325 e. The van der Waals surface area contributed by atoms with Crippen molar-refractivity contribution in [3.05, 3.63) is 58.7 Å². The average Bonchev–Trinajstić information content (AvgIpc) is 3.14. The number of aldehydes is 1. The number of nitrogens with zero attached hydrogens (tertiary/aromatic N) is 1. The number of rotatable bonds is 7. The van der Waals surface area contributed by atoms with Crippen molar-refractivity contribution in [2.24, 2.45) is 7.05 Å². The van der Waals surface area contributed by atoms with Gasteiger partial charge in [0.25, 0.3) is 5.91 Å². The summed E-state index contributed by atoms with van der Waals surface area (Å²) < 4.78 is 4.47. The third kappa shape index (κ3) is 6.74. The van der Waals surface area contributed by atoms with Gasteiger partial charge in [-0.2, -0.15) is 0 Å². The number of benzene rings is 2. The number of carbonyl (C=O) groups is 3. The van der Waals surface area contributed by atoms with Gasteiger partial charge in [0.15, 0.2) is 0 Å². The number of carbonyl (C=O) groups excluding carboxylic acids is 3. The molecule has 3 aromatic rings. The molecule has 0 aliphatic carbocycles. The summed E-state index contributed by atoms with van der Waals surface area (Å²) in [5.41, 5.74) is 2.98. The predicted molar refractivity (Wildman–Crippen MR) is 133 cm³/mol. The average molecular weight is 491 g/mol. The topological polar surface area (TPSA) is 112 Å². The second-order valence-corrected chi connectivity index (χ2v) is 8.43. The van der Waals surface area contributed by atoms with Crippen molar-refractivity contribution < 1.29 is 19.5 Å². The minimum atomic E-state index is -0.374. The van der Waals surface area contributed by atoms with E-state index in [9.17, 15) is 14.4 Å². The minimum Gasteiger partial charge on any atom is -0.400 e. The number of aliphatic hydroxyl groups excluding tert-OH is 1. The lowest BCUT2D eigenvalue weighted by Crippen LogP contribution is -2.38. The maximum atomic E-state index is 12.8. The highest BCUT2D eigenvalue weighted by molar-refractivity contribution is 7.98. The van der Waals surface area contributed by atoms with Crippen molar-refractivity contribution >= 4 is 58.4 Å². The summed E-state index contributed by atoms with van der Waals surface area (Å²) in [5, 5.41) is 14.0. The highest BCUT2D eigenvalue weighted by Crippen LogP contribution is 2.29. The highest BCUT2D eigenvalue weighted by Gasteiger charge is 2.16. The van der Waals surface area contributed by atoms with E-state index in [4.69, 9.17) is 16.7 Å². The summed E-state index contributed by atoms with van der Waals surface area (Å²) >= 11 is 7.53. The second kappa shape index (κ2) is 12.3. The molecule has 0 aliphatic rings. The molecule has 10 heteroatoms. The first-order valence-electron chi connectivity index (χ1n) is 10.1. The maximum absolute atomic E-state index is 12.8. The molecule has 0 spiro atoms. The van der Waals surface area contributed by atoms with E-state index in [-0.39, 0.29) is 24.4 Å². The lowest BCUT2D eigenvalue weighted by atomic mass is 10.2. The molecule has 0 radical (unpaired) electrons. The molecule has 1 aromatic heterocycles. The molecule has 33 heavy (non-hydrogen) atoms. The lowest BCUT2D eigenvalue weighted by Gasteiger charge is -2.11. The van der Waals surface area contributed by atoms with Gasteiger partial charge in [0, 0.05) is 48.1 Å². The monoisotopic (exact) mass is 490 g/mol. The van der Waals surface area contributed by atoms with Crippen LogP contribution in [0.3, 0.4) is 0 Å². The van der Waals surface area contributed by atoms with E-state index < -0.39 is 0 Å². The van der Waals surface area contributed by atoms with E-state index in [0.717, 1.165) is 46.7 Å². The number of aromatic nitrogens is 1. The molecule has 1 heterocycles. The van der Waals surface area contributed by atoms with Crippen LogP contribution in [0.15, 0.2) is 47.4 Å². The molecule has 8 nitrogen and oxygen atoms in total. The number of nitrogens with one attached hydrogen (secondary N) is 3. The third-order valence-electron chi connectivity index (χ3n) is 4.79. The van der Waals surface area contributed by atoms with Gasteiger partial charge in [0.2, 0.25) is 0 Å². The number of aliphatic hydroxyl groups is 1. The van der Waals surface area contributed by atoms with Gasteiger partial charge in [-0.05, 0) is 67.8 Å². The number of aryl methyl sites for hydroxylation is 2. The lowest BCUT2D eigenvalue weighted by molar-refractivity contribution is -0.108. The quantitative estimate of drug-likeness (QED) is 0.291. The Labute approximate surface area is 201 Å². The standard InChI is InChI=1S/C22H23ClN4O3S.CH4O/c1-13-4-9-18-17(20(13)23)12-19(27(18)3)21(29)25-15-5-7-16(8-6-15)31-26-22(30)24-14(2)10-11-28;1-2/h4-9,11-12,14H,10H2,1-3H3,(H,25,29)(H2,24,26,30);2H,1H3. The van der Waals surface area contributed by atoms with Crippen LogP contribution in [0.2, 0.25) is 5.02 Å². The van der Waals surface area contributed by atoms with Crippen LogP contribution in [0.1, 0.15) is 29.4 Å². The van der Waals surface area contributed by atoms with Crippen molar-refractivity contribution in [2.75, 3.05) is 12.4 Å². The van der Waals surface area contributed by atoms with Crippen molar-refractivity contribution in [1.29, 1.82) is 0 Å². The zero-order valence-electron chi connectivity index (χ0n) is 18.8. The first kappa shape index (κ1) is 26.2. The normalized spacial score (nSPS) is 11.2. The molecule has 176 valence electrons. The van der Waals surface area contributed by atoms with E-state index in [1.807, 2.05) is 30.7 Å². The first-order chi connectivity index (χ1) is 15.8. The zero-order chi connectivity index (χ0) is 24.5. The molecular weight excluding hydrogens is 464 g/mol. The summed E-state index contributed by atoms with van der Waals surface area (Å²) in [4.78, 5) is 35.8. The fourth-order valence-corrected chi connectivity index (χ4v) is 3.82. The van der Waals surface area contributed by atoms with Gasteiger partial charge in [-0.25, -0.2) is 4.79 Å². The summed E-state index contributed by atoms with van der Waals surface area (Å²) in [5.74, 6) is -0.241. The Hall–Kier alpha value is -3.01. The fourth-order valence-electron chi connectivity index (χ4n) is 3.07. The molecule has 0 saturated carbocycles. The van der Waals surface area contributed by atoms with Gasteiger partial charge < -0.3 is 25.1 Å². The maximum Gasteiger partial charge on any atom is 0.325 e. The van der Waals surface area contributed by atoms with Gasteiger partial charge in [0.05, 0.1) is 5.02 Å². The van der Waals surface area contributed by atoms with E-state index in [2.05, 4.69) is 15.4 Å². The van der Waals surface area contributed by atoms with Crippen LogP contribution in [0.5, 0.6) is 0 Å². The van der Waals surface area contributed by atoms with Crippen molar-refractivity contribution in [1.82, 2.24) is 14.6 Å². The Kier molecular flexibility index (Phi) is 9.77. The highest BCUT2D eigenvalue weighted by atomic mass is 35.5. The predicted octanol–water partition coefficient (Wildman–Crippen LogP) is 4.28. The first-order valence-corrected chi connectivity index (χ1v) is 11.3. The van der Waals surface area contributed by atoms with Crippen LogP contribution in [0.25, 0.3) is 10.9 Å². The SMILES string of the molecule is CO.Cc1ccc2c(cc(C(=O)Nc3ccc(SNC(=O)NC(C)CC=O)cc3)n2C)c1Cl. The molecule has 0 fully saturated rings. The number of fused-ring (bicyclic) bond motifs is 1. The van der Waals surface area contributed by atoms with Crippen LogP contribution >= 0.6 is 23.5 Å². The molecule has 1 atom stereocenters. The number of urea groups is 1. The Morgan fingerprint density at radius 3 is 2.48 bits per heavy atom. The van der Waals surface area contributed by atoms with E-state index in [1.165, 1.54) is 0 Å². The number of halogens is 1. The summed E-state index contributed by atoms with van der Waals surface area (Å²) in [7, 11) is 2.83. The molecule has 4 N–H and O–H groups in total. The van der Waals surface area contributed by atoms with Crippen LogP contribution in [-0.4, -0.2) is 41.0 Å². The largest absolute Gasteiger partial charge is 0.400 e. The fraction of sp³-hybridized carbons (Fsp3) is 0.261. The minimum absolute atomic E-state index is 0.233. The second-order valence-electron chi connectivity index (χ2n) is 7.18. The van der Waals surface area contributed by atoms with Crippen LogP contribution in [0, 0.1) is 6.92 Å². The van der Waals surface area contributed by atoms with Gasteiger partial charge in [-0.3, -0.25) is 9.52 Å². The van der Waals surface area contributed by atoms with Gasteiger partial charge in [-0.1, -0.05) is 17.7 Å². The van der Waals surface area contributed by atoms with Crippen LogP contribution < -0.4 is 15.4 Å². The molecule has 0 aliphatic heterocycles. The summed E-state index contributed by atoms with van der Waals surface area (Å²) in [6.07, 6.45) is 1.02. The Morgan fingerprint density at radius 2 is 1.85 bits per heavy atom. The van der Waals surface area contributed by atoms with Crippen molar-refractivity contribution in [3.8, 4) is 0 Å². The van der Waals surface area contributed by atoms with Crippen molar-refractivity contribution in [3.63, 3.8) is 0 Å². The Morgan fingerprint density at radius 1 is 1.18 bits per heavy atom. The molecular formula is C23H27ClN4O4S.